The van der Waals surface area contributed by atoms with Gasteiger partial charge in [-0.15, -0.1) is 4.52 Å². The molecule has 9 heteroatoms. The molecule has 0 aliphatic heterocycles. The fourth-order valence-electron chi connectivity index (χ4n) is 1.18. The molecule has 1 rings (SSSR count). The van der Waals surface area contributed by atoms with Crippen molar-refractivity contribution in [2.45, 2.75) is 12.8 Å². The van der Waals surface area contributed by atoms with Crippen LogP contribution in [-0.4, -0.2) is 33.1 Å². The number of benzene rings is 1. The summed E-state index contributed by atoms with van der Waals surface area (Å²) in [6.07, 6.45) is 0.741. The van der Waals surface area contributed by atoms with Crippen LogP contribution in [-0.2, 0) is 28.2 Å². The van der Waals surface area contributed by atoms with Crippen molar-refractivity contribution in [3.8, 4) is 5.75 Å². The van der Waals surface area contributed by atoms with Crippen molar-refractivity contribution in [1.29, 1.82) is 0 Å². The maximum absolute atomic E-state index is 11.8. The molecule has 0 saturated heterocycles. The number of carbonyl (C=O) groups is 1. The molecular formula is C11H14O7PS+. The number of carbonyl (C=O) groups excluding carboxylic acids is 1. The molecule has 0 heterocycles. The van der Waals surface area contributed by atoms with E-state index in [9.17, 15) is 17.8 Å². The third-order valence-corrected chi connectivity index (χ3v) is 3.77. The summed E-state index contributed by atoms with van der Waals surface area (Å²) in [7, 11) is -6.66. The monoisotopic (exact) mass is 321 g/mol. The zero-order valence-corrected chi connectivity index (χ0v) is 12.6. The van der Waals surface area contributed by atoms with E-state index in [1.165, 1.54) is 12.1 Å². The summed E-state index contributed by atoms with van der Waals surface area (Å²) in [6, 6.07) is 7.93. The minimum absolute atomic E-state index is 0.0391. The van der Waals surface area contributed by atoms with E-state index in [1.807, 2.05) is 0 Å². The minimum Gasteiger partial charge on any atom is -0.421 e. The van der Waals surface area contributed by atoms with Crippen molar-refractivity contribution < 1.29 is 31.2 Å². The van der Waals surface area contributed by atoms with Gasteiger partial charge in [-0.25, -0.2) is 8.98 Å². The Balaban J connectivity index is 2.87. The van der Waals surface area contributed by atoms with Gasteiger partial charge in [-0.1, -0.05) is 18.2 Å². The van der Waals surface area contributed by atoms with Crippen LogP contribution < -0.4 is 4.74 Å². The molecule has 0 amide bonds. The molecule has 0 saturated carbocycles. The van der Waals surface area contributed by atoms with E-state index in [0.717, 1.165) is 6.26 Å². The highest BCUT2D eigenvalue weighted by molar-refractivity contribution is 7.86. The van der Waals surface area contributed by atoms with E-state index in [2.05, 4.69) is 4.18 Å². The first-order chi connectivity index (χ1) is 9.33. The molecule has 0 N–H and O–H groups in total. The Morgan fingerprint density at radius 2 is 1.90 bits per heavy atom. The van der Waals surface area contributed by atoms with Gasteiger partial charge in [0.1, 0.15) is 5.75 Å². The van der Waals surface area contributed by atoms with Crippen LogP contribution in [0.4, 0.5) is 0 Å². The Labute approximate surface area is 117 Å². The summed E-state index contributed by atoms with van der Waals surface area (Å²) in [5, 5.41) is 0. The third kappa shape index (κ3) is 5.75. The van der Waals surface area contributed by atoms with Crippen LogP contribution in [0.3, 0.4) is 0 Å². The quantitative estimate of drug-likeness (QED) is 0.326. The zero-order valence-electron chi connectivity index (χ0n) is 10.9. The van der Waals surface area contributed by atoms with Gasteiger partial charge >= 0.3 is 19.8 Å². The van der Waals surface area contributed by atoms with Gasteiger partial charge in [-0.3, -0.25) is 0 Å². The molecule has 0 aromatic heterocycles. The minimum atomic E-state index is -3.99. The Hall–Kier alpha value is -1.34. The highest BCUT2D eigenvalue weighted by atomic mass is 32.2. The second-order valence-corrected chi connectivity index (χ2v) is 6.49. The average molecular weight is 321 g/mol. The van der Waals surface area contributed by atoms with Crippen LogP contribution >= 0.6 is 8.03 Å². The number of esters is 1. The van der Waals surface area contributed by atoms with Gasteiger partial charge < -0.3 is 4.74 Å². The number of hydrogen-bond donors (Lipinski definition) is 0. The number of para-hydroxylation sites is 1. The molecule has 2 unspecified atom stereocenters. The first-order valence-electron chi connectivity index (χ1n) is 5.57. The van der Waals surface area contributed by atoms with E-state index in [0.29, 0.717) is 0 Å². The molecule has 110 valence electrons. The molecular weight excluding hydrogens is 307 g/mol. The maximum Gasteiger partial charge on any atom is 0.554 e. The van der Waals surface area contributed by atoms with E-state index in [1.54, 1.807) is 25.1 Å². The molecule has 7 nitrogen and oxygen atoms in total. The summed E-state index contributed by atoms with van der Waals surface area (Å²) < 4.78 is 48.0. The van der Waals surface area contributed by atoms with Crippen LogP contribution in [0.5, 0.6) is 5.75 Å². The van der Waals surface area contributed by atoms with E-state index >= 15 is 0 Å². The molecule has 1 aromatic rings. The standard InChI is InChI=1S/C11H14O7PS/c1-3-16-19(13)11(18-20(2,14)15)10(12)17-9-7-5-4-6-8-9/h4-8,11H,3H2,1-2H3/q+1. The van der Waals surface area contributed by atoms with Gasteiger partial charge in [-0.05, 0) is 23.6 Å². The summed E-state index contributed by atoms with van der Waals surface area (Å²) >= 11 is 0. The lowest BCUT2D eigenvalue weighted by atomic mass is 10.3. The van der Waals surface area contributed by atoms with Crippen LogP contribution in [0, 0.1) is 0 Å². The lowest BCUT2D eigenvalue weighted by Crippen LogP contribution is -2.28. The van der Waals surface area contributed by atoms with Crippen molar-refractivity contribution in [2.75, 3.05) is 12.9 Å². The molecule has 0 radical (unpaired) electrons. The highest BCUT2D eigenvalue weighted by Gasteiger charge is 2.45. The number of ether oxygens (including phenoxy) is 1. The maximum atomic E-state index is 11.8. The predicted octanol–water partition coefficient (Wildman–Crippen LogP) is 1.67. The second-order valence-electron chi connectivity index (χ2n) is 3.59. The summed E-state index contributed by atoms with van der Waals surface area (Å²) in [6.45, 7) is 1.59. The third-order valence-electron chi connectivity index (χ3n) is 1.88. The van der Waals surface area contributed by atoms with Crippen molar-refractivity contribution in [3.05, 3.63) is 30.3 Å². The molecule has 0 bridgehead atoms. The fourth-order valence-corrected chi connectivity index (χ4v) is 2.95. The molecule has 0 fully saturated rings. The lowest BCUT2D eigenvalue weighted by Gasteiger charge is -2.06. The molecule has 0 spiro atoms. The SMILES string of the molecule is CCO[P+](=O)C(OS(C)(=O)=O)C(=O)Oc1ccccc1. The van der Waals surface area contributed by atoms with Gasteiger partial charge in [-0.2, -0.15) is 8.42 Å². The first-order valence-corrected chi connectivity index (χ1v) is 8.64. The summed E-state index contributed by atoms with van der Waals surface area (Å²) in [4.78, 5) is 11.8. The van der Waals surface area contributed by atoms with Crippen molar-refractivity contribution in [2.24, 2.45) is 0 Å². The first kappa shape index (κ1) is 16.7. The molecule has 20 heavy (non-hydrogen) atoms. The molecule has 0 aliphatic carbocycles. The van der Waals surface area contributed by atoms with Gasteiger partial charge in [0.25, 0.3) is 10.1 Å². The van der Waals surface area contributed by atoms with Gasteiger partial charge in [0.2, 0.25) is 0 Å². The normalized spacial score (nSPS) is 13.6. The van der Waals surface area contributed by atoms with Crippen molar-refractivity contribution >= 4 is 24.1 Å². The number of rotatable bonds is 7. The molecule has 0 aliphatic rings. The zero-order chi connectivity index (χ0) is 15.2. The van der Waals surface area contributed by atoms with Crippen LogP contribution in [0.2, 0.25) is 0 Å². The molecule has 1 aromatic carbocycles. The van der Waals surface area contributed by atoms with Crippen LogP contribution in [0.25, 0.3) is 0 Å². The van der Waals surface area contributed by atoms with Crippen LogP contribution in [0.15, 0.2) is 30.3 Å². The van der Waals surface area contributed by atoms with E-state index < -0.39 is 30.0 Å². The van der Waals surface area contributed by atoms with Crippen LogP contribution in [0.1, 0.15) is 6.92 Å². The lowest BCUT2D eigenvalue weighted by molar-refractivity contribution is -0.138. The smallest absolute Gasteiger partial charge is 0.421 e. The average Bonchev–Trinajstić information content (AvgIpc) is 2.36. The topological polar surface area (TPSA) is 96.0 Å². The number of hydrogen-bond acceptors (Lipinski definition) is 7. The van der Waals surface area contributed by atoms with Crippen molar-refractivity contribution in [3.63, 3.8) is 0 Å². The van der Waals surface area contributed by atoms with Gasteiger partial charge in [0, 0.05) is 0 Å². The Kier molecular flexibility index (Phi) is 6.22. The van der Waals surface area contributed by atoms with E-state index in [4.69, 9.17) is 9.26 Å². The van der Waals surface area contributed by atoms with Gasteiger partial charge in [0.15, 0.2) is 0 Å². The molecule has 2 atom stereocenters. The largest absolute Gasteiger partial charge is 0.554 e. The fraction of sp³-hybridized carbons (Fsp3) is 0.364. The highest BCUT2D eigenvalue weighted by Crippen LogP contribution is 2.32. The summed E-state index contributed by atoms with van der Waals surface area (Å²) in [5.74, 6) is -2.75. The summed E-state index contributed by atoms with van der Waals surface area (Å²) in [5.41, 5.74) is 0. The Morgan fingerprint density at radius 3 is 2.40 bits per heavy atom. The van der Waals surface area contributed by atoms with Crippen molar-refractivity contribution in [1.82, 2.24) is 0 Å². The Bertz CT molecular complexity index is 570. The second kappa shape index (κ2) is 7.44. The van der Waals surface area contributed by atoms with Gasteiger partial charge in [0.05, 0.1) is 12.9 Å². The van der Waals surface area contributed by atoms with E-state index in [-0.39, 0.29) is 12.4 Å². The Morgan fingerprint density at radius 1 is 1.30 bits per heavy atom. The predicted molar refractivity (Wildman–Crippen MR) is 71.0 cm³/mol.